The molecule has 1 rings (SSSR count). The molecule has 0 spiro atoms. The van der Waals surface area contributed by atoms with Gasteiger partial charge in [0.25, 0.3) is 0 Å². The third-order valence-corrected chi connectivity index (χ3v) is 2.64. The van der Waals surface area contributed by atoms with Gasteiger partial charge in [0.05, 0.1) is 0 Å². The Kier molecular flexibility index (Phi) is 5.21. The normalized spacial score (nSPS) is 12.4. The van der Waals surface area contributed by atoms with Crippen molar-refractivity contribution < 1.29 is 4.79 Å². The molecule has 0 radical (unpaired) electrons. The van der Waals surface area contributed by atoms with Crippen LogP contribution in [0.25, 0.3) is 0 Å². The van der Waals surface area contributed by atoms with Crippen molar-refractivity contribution >= 4 is 6.29 Å². The Morgan fingerprint density at radius 1 is 1.18 bits per heavy atom. The van der Waals surface area contributed by atoms with E-state index in [4.69, 9.17) is 0 Å². The summed E-state index contributed by atoms with van der Waals surface area (Å²) < 4.78 is 0. The number of hydrogen-bond acceptors (Lipinski definition) is 2. The van der Waals surface area contributed by atoms with E-state index in [1.54, 1.807) is 6.92 Å². The molecule has 0 amide bonds. The fourth-order valence-corrected chi connectivity index (χ4v) is 1.40. The van der Waals surface area contributed by atoms with E-state index >= 15 is 0 Å². The van der Waals surface area contributed by atoms with Crippen LogP contribution in [0.1, 0.15) is 19.4 Å². The lowest BCUT2D eigenvalue weighted by atomic mass is 10.2. The Hall–Kier alpha value is -1.83. The van der Waals surface area contributed by atoms with Gasteiger partial charge < -0.3 is 4.90 Å². The summed E-state index contributed by atoms with van der Waals surface area (Å²) >= 11 is 0. The van der Waals surface area contributed by atoms with E-state index in [-0.39, 0.29) is 0 Å². The first kappa shape index (κ1) is 13.2. The van der Waals surface area contributed by atoms with Crippen LogP contribution in [0, 0.1) is 0 Å². The Labute approximate surface area is 103 Å². The Balaban J connectivity index is 2.64. The van der Waals surface area contributed by atoms with Crippen LogP contribution >= 0.6 is 0 Å². The standard InChI is InChI=1S/C15H19NO/c1-13(12-17)9-10-14(2)16(3)11-15-7-5-4-6-8-15/h4-10,12H,11H2,1-3H3/b13-9-,14-10-. The Bertz CT molecular complexity index is 418. The first-order valence-electron chi connectivity index (χ1n) is 5.69. The first-order chi connectivity index (χ1) is 8.13. The molecular weight excluding hydrogens is 210 g/mol. The topological polar surface area (TPSA) is 20.3 Å². The van der Waals surface area contributed by atoms with E-state index in [1.807, 2.05) is 44.3 Å². The number of rotatable bonds is 5. The van der Waals surface area contributed by atoms with Gasteiger partial charge in [-0.1, -0.05) is 36.4 Å². The zero-order chi connectivity index (χ0) is 12.7. The maximum absolute atomic E-state index is 10.5. The van der Waals surface area contributed by atoms with Gasteiger partial charge in [-0.05, 0) is 31.1 Å². The molecule has 90 valence electrons. The van der Waals surface area contributed by atoms with Crippen molar-refractivity contribution in [2.45, 2.75) is 20.4 Å². The molecule has 1 aromatic carbocycles. The van der Waals surface area contributed by atoms with Gasteiger partial charge in [0.1, 0.15) is 6.29 Å². The molecule has 0 fully saturated rings. The highest BCUT2D eigenvalue weighted by Crippen LogP contribution is 2.08. The van der Waals surface area contributed by atoms with Crippen molar-refractivity contribution in [1.29, 1.82) is 0 Å². The van der Waals surface area contributed by atoms with E-state index in [0.717, 1.165) is 24.1 Å². The molecule has 0 atom stereocenters. The minimum absolute atomic E-state index is 0.734. The molecule has 0 N–H and O–H groups in total. The average molecular weight is 229 g/mol. The van der Waals surface area contributed by atoms with Crippen LogP contribution < -0.4 is 0 Å². The van der Waals surface area contributed by atoms with Crippen molar-refractivity contribution in [1.82, 2.24) is 4.90 Å². The molecule has 2 heteroatoms. The van der Waals surface area contributed by atoms with E-state index in [0.29, 0.717) is 0 Å². The molecule has 0 unspecified atom stereocenters. The summed E-state index contributed by atoms with van der Waals surface area (Å²) in [6.07, 6.45) is 4.66. The van der Waals surface area contributed by atoms with Crippen LogP contribution in [0.3, 0.4) is 0 Å². The van der Waals surface area contributed by atoms with E-state index in [9.17, 15) is 4.79 Å². The van der Waals surface area contributed by atoms with Gasteiger partial charge in [-0.2, -0.15) is 0 Å². The highest BCUT2D eigenvalue weighted by Gasteiger charge is 1.99. The second kappa shape index (κ2) is 6.69. The molecule has 0 aliphatic heterocycles. The minimum atomic E-state index is 0.734. The zero-order valence-corrected chi connectivity index (χ0v) is 10.7. The Morgan fingerprint density at radius 2 is 1.82 bits per heavy atom. The molecule has 1 aromatic rings. The van der Waals surface area contributed by atoms with Crippen molar-refractivity contribution in [3.05, 3.63) is 59.3 Å². The van der Waals surface area contributed by atoms with Crippen LogP contribution in [0.2, 0.25) is 0 Å². The molecule has 0 heterocycles. The summed E-state index contributed by atoms with van der Waals surface area (Å²) in [6, 6.07) is 10.3. The third kappa shape index (κ3) is 4.68. The summed E-state index contributed by atoms with van der Waals surface area (Å²) in [7, 11) is 2.04. The third-order valence-electron chi connectivity index (χ3n) is 2.64. The molecule has 0 saturated heterocycles. The molecule has 0 aliphatic rings. The van der Waals surface area contributed by atoms with Crippen molar-refractivity contribution in [3.8, 4) is 0 Å². The van der Waals surface area contributed by atoms with Gasteiger partial charge in [0.15, 0.2) is 0 Å². The number of carbonyl (C=O) groups excluding carboxylic acids is 1. The number of benzene rings is 1. The predicted molar refractivity (Wildman–Crippen MR) is 71.5 cm³/mol. The predicted octanol–water partition coefficient (Wildman–Crippen LogP) is 3.17. The molecule has 17 heavy (non-hydrogen) atoms. The van der Waals surface area contributed by atoms with Crippen LogP contribution in [0.15, 0.2) is 53.8 Å². The SMILES string of the molecule is C/C(C=O)=C/C=C(/C)N(C)Cc1ccccc1. The second-order valence-electron chi connectivity index (χ2n) is 4.18. The highest BCUT2D eigenvalue weighted by molar-refractivity contribution is 5.72. The quantitative estimate of drug-likeness (QED) is 0.439. The molecule has 0 aliphatic carbocycles. The van der Waals surface area contributed by atoms with E-state index in [1.165, 1.54) is 5.56 Å². The number of aldehydes is 1. The van der Waals surface area contributed by atoms with E-state index < -0.39 is 0 Å². The number of nitrogens with zero attached hydrogens (tertiary/aromatic N) is 1. The minimum Gasteiger partial charge on any atom is -0.374 e. The van der Waals surface area contributed by atoms with Crippen LogP contribution in [-0.4, -0.2) is 18.2 Å². The van der Waals surface area contributed by atoms with E-state index in [2.05, 4.69) is 17.0 Å². The number of carbonyl (C=O) groups is 1. The summed E-state index contributed by atoms with van der Waals surface area (Å²) in [5.74, 6) is 0. The van der Waals surface area contributed by atoms with Crippen molar-refractivity contribution in [2.24, 2.45) is 0 Å². The van der Waals surface area contributed by atoms with Gasteiger partial charge >= 0.3 is 0 Å². The average Bonchev–Trinajstić information content (AvgIpc) is 2.36. The maximum atomic E-state index is 10.5. The van der Waals surface area contributed by atoms with Crippen molar-refractivity contribution in [2.75, 3.05) is 7.05 Å². The molecule has 2 nitrogen and oxygen atoms in total. The lowest BCUT2D eigenvalue weighted by Crippen LogP contribution is -2.15. The monoisotopic (exact) mass is 229 g/mol. The van der Waals surface area contributed by atoms with Gasteiger partial charge in [-0.15, -0.1) is 0 Å². The molecule has 0 saturated carbocycles. The summed E-state index contributed by atoms with van der Waals surface area (Å²) in [4.78, 5) is 12.6. The summed E-state index contributed by atoms with van der Waals surface area (Å²) in [5.41, 5.74) is 3.14. The molecule has 0 aromatic heterocycles. The van der Waals surface area contributed by atoms with Crippen molar-refractivity contribution in [3.63, 3.8) is 0 Å². The highest BCUT2D eigenvalue weighted by atomic mass is 16.1. The van der Waals surface area contributed by atoms with Gasteiger partial charge in [-0.25, -0.2) is 0 Å². The van der Waals surface area contributed by atoms with Crippen LogP contribution in [-0.2, 0) is 11.3 Å². The molecule has 0 bridgehead atoms. The van der Waals surface area contributed by atoms with Gasteiger partial charge in [0.2, 0.25) is 0 Å². The lowest BCUT2D eigenvalue weighted by Gasteiger charge is -2.19. The smallest absolute Gasteiger partial charge is 0.145 e. The summed E-state index contributed by atoms with van der Waals surface area (Å²) in [6.45, 7) is 4.71. The maximum Gasteiger partial charge on any atom is 0.145 e. The van der Waals surface area contributed by atoms with Gasteiger partial charge in [-0.3, -0.25) is 4.79 Å². The fraction of sp³-hybridized carbons (Fsp3) is 0.267. The van der Waals surface area contributed by atoms with Gasteiger partial charge in [0, 0.05) is 19.3 Å². The molecular formula is C15H19NO. The lowest BCUT2D eigenvalue weighted by molar-refractivity contribution is -0.104. The first-order valence-corrected chi connectivity index (χ1v) is 5.69. The second-order valence-corrected chi connectivity index (χ2v) is 4.18. The number of allylic oxidation sites excluding steroid dienone is 4. The Morgan fingerprint density at radius 3 is 2.41 bits per heavy atom. The summed E-state index contributed by atoms with van der Waals surface area (Å²) in [5, 5.41) is 0. The number of hydrogen-bond donors (Lipinski definition) is 0. The van der Waals surface area contributed by atoms with Crippen LogP contribution in [0.4, 0.5) is 0 Å². The fourth-order valence-electron chi connectivity index (χ4n) is 1.40. The van der Waals surface area contributed by atoms with Crippen LogP contribution in [0.5, 0.6) is 0 Å². The largest absolute Gasteiger partial charge is 0.374 e. The zero-order valence-electron chi connectivity index (χ0n) is 10.7.